The third-order valence-corrected chi connectivity index (χ3v) is 2.54. The molecule has 6 nitrogen and oxygen atoms in total. The van der Waals surface area contributed by atoms with Crippen LogP contribution >= 0.6 is 11.6 Å². The van der Waals surface area contributed by atoms with Crippen molar-refractivity contribution in [3.8, 4) is 5.75 Å². The molecule has 1 N–H and O–H groups in total. The van der Waals surface area contributed by atoms with E-state index in [1.807, 2.05) is 0 Å². The van der Waals surface area contributed by atoms with Crippen molar-refractivity contribution in [2.75, 3.05) is 12.4 Å². The summed E-state index contributed by atoms with van der Waals surface area (Å²) in [5.74, 6) is 0.207. The molecule has 2 rings (SSSR count). The summed E-state index contributed by atoms with van der Waals surface area (Å²) in [6, 6.07) is 4.97. The van der Waals surface area contributed by atoms with Crippen LogP contribution in [0.3, 0.4) is 0 Å². The highest BCUT2D eigenvalue weighted by molar-refractivity contribution is 6.32. The predicted octanol–water partition coefficient (Wildman–Crippen LogP) is 1.73. The first-order valence-corrected chi connectivity index (χ1v) is 5.49. The number of hydrogen-bond donors (Lipinski definition) is 1. The lowest BCUT2D eigenvalue weighted by Gasteiger charge is -2.06. The maximum Gasteiger partial charge on any atom is 0.277 e. The van der Waals surface area contributed by atoms with E-state index < -0.39 is 0 Å². The molecule has 7 heteroatoms. The molecule has 18 heavy (non-hydrogen) atoms. The van der Waals surface area contributed by atoms with Crippen LogP contribution < -0.4 is 10.1 Å². The number of nitrogens with zero attached hydrogens (tertiary/aromatic N) is 3. The van der Waals surface area contributed by atoms with Crippen molar-refractivity contribution in [3.05, 3.63) is 35.1 Å². The normalized spacial score (nSPS) is 10.2. The van der Waals surface area contributed by atoms with Crippen LogP contribution in [0.1, 0.15) is 10.5 Å². The van der Waals surface area contributed by atoms with Crippen molar-refractivity contribution in [1.82, 2.24) is 15.0 Å². The highest BCUT2D eigenvalue weighted by Crippen LogP contribution is 2.27. The van der Waals surface area contributed by atoms with E-state index in [2.05, 4.69) is 15.5 Å². The van der Waals surface area contributed by atoms with Crippen molar-refractivity contribution in [3.63, 3.8) is 0 Å². The molecule has 0 aliphatic carbocycles. The SMILES string of the molecule is COc1ccc(NC(=O)c2cnn(C)n2)cc1Cl. The van der Waals surface area contributed by atoms with Crippen LogP contribution in [0.5, 0.6) is 5.75 Å². The average molecular weight is 267 g/mol. The van der Waals surface area contributed by atoms with E-state index in [1.54, 1.807) is 25.2 Å². The Morgan fingerprint density at radius 1 is 1.50 bits per heavy atom. The number of amides is 1. The quantitative estimate of drug-likeness (QED) is 0.919. The lowest BCUT2D eigenvalue weighted by molar-refractivity contribution is 0.102. The van der Waals surface area contributed by atoms with Crippen LogP contribution in [-0.2, 0) is 7.05 Å². The molecule has 0 saturated heterocycles. The Balaban J connectivity index is 2.14. The van der Waals surface area contributed by atoms with Gasteiger partial charge in [0, 0.05) is 12.7 Å². The predicted molar refractivity (Wildman–Crippen MR) is 67.0 cm³/mol. The van der Waals surface area contributed by atoms with E-state index in [-0.39, 0.29) is 11.6 Å². The minimum absolute atomic E-state index is 0.240. The smallest absolute Gasteiger partial charge is 0.277 e. The lowest BCUT2D eigenvalue weighted by atomic mass is 10.3. The van der Waals surface area contributed by atoms with Gasteiger partial charge in [0.1, 0.15) is 5.75 Å². The minimum atomic E-state index is -0.343. The Kier molecular flexibility index (Phi) is 3.47. The van der Waals surface area contributed by atoms with Gasteiger partial charge in [-0.05, 0) is 18.2 Å². The van der Waals surface area contributed by atoms with Crippen molar-refractivity contribution in [2.45, 2.75) is 0 Å². The molecule has 0 bridgehead atoms. The maximum absolute atomic E-state index is 11.8. The summed E-state index contributed by atoms with van der Waals surface area (Å²) < 4.78 is 5.02. The fourth-order valence-corrected chi connectivity index (χ4v) is 1.65. The first-order valence-electron chi connectivity index (χ1n) is 5.11. The highest BCUT2D eigenvalue weighted by atomic mass is 35.5. The molecule has 94 valence electrons. The van der Waals surface area contributed by atoms with E-state index in [9.17, 15) is 4.79 Å². The molecule has 1 amide bonds. The van der Waals surface area contributed by atoms with Gasteiger partial charge in [0.05, 0.1) is 18.3 Å². The molecule has 0 aliphatic heterocycles. The van der Waals surface area contributed by atoms with Crippen LogP contribution in [0.25, 0.3) is 0 Å². The summed E-state index contributed by atoms with van der Waals surface area (Å²) in [4.78, 5) is 13.1. The van der Waals surface area contributed by atoms with Gasteiger partial charge in [-0.25, -0.2) is 0 Å². The van der Waals surface area contributed by atoms with Gasteiger partial charge in [0.15, 0.2) is 5.69 Å². The molecule has 2 aromatic rings. The number of aryl methyl sites for hydroxylation is 1. The number of aromatic nitrogens is 3. The van der Waals surface area contributed by atoms with Gasteiger partial charge < -0.3 is 10.1 Å². The van der Waals surface area contributed by atoms with Crippen LogP contribution in [0.15, 0.2) is 24.4 Å². The fourth-order valence-electron chi connectivity index (χ4n) is 1.39. The maximum atomic E-state index is 11.8. The van der Waals surface area contributed by atoms with Gasteiger partial charge in [-0.3, -0.25) is 4.79 Å². The third-order valence-electron chi connectivity index (χ3n) is 2.24. The average Bonchev–Trinajstić information content (AvgIpc) is 2.76. The number of methoxy groups -OCH3 is 1. The molecule has 1 heterocycles. The Morgan fingerprint density at radius 3 is 2.83 bits per heavy atom. The third kappa shape index (κ3) is 2.60. The summed E-state index contributed by atoms with van der Waals surface area (Å²) in [6.07, 6.45) is 1.39. The molecule has 0 saturated carbocycles. The molecule has 1 aromatic heterocycles. The fraction of sp³-hybridized carbons (Fsp3) is 0.182. The summed E-state index contributed by atoms with van der Waals surface area (Å²) in [5.41, 5.74) is 0.806. The number of carbonyl (C=O) groups excluding carboxylic acids is 1. The van der Waals surface area contributed by atoms with Crippen molar-refractivity contribution >= 4 is 23.2 Å². The molecular formula is C11H11ClN4O2. The standard InChI is InChI=1S/C11H11ClN4O2/c1-16-13-6-9(15-16)11(17)14-7-3-4-10(18-2)8(12)5-7/h3-6H,1-2H3,(H,14,17). The number of ether oxygens (including phenoxy) is 1. The van der Waals surface area contributed by atoms with Gasteiger partial charge in [-0.15, -0.1) is 5.10 Å². The Labute approximate surface area is 109 Å². The number of carbonyl (C=O) groups is 1. The molecule has 1 aromatic carbocycles. The second kappa shape index (κ2) is 5.05. The molecule has 0 aliphatic rings. The number of anilines is 1. The lowest BCUT2D eigenvalue weighted by Crippen LogP contribution is -2.13. The molecule has 0 radical (unpaired) electrons. The van der Waals surface area contributed by atoms with Crippen LogP contribution in [-0.4, -0.2) is 28.0 Å². The summed E-state index contributed by atoms with van der Waals surface area (Å²) in [7, 11) is 3.17. The summed E-state index contributed by atoms with van der Waals surface area (Å²) in [5, 5.41) is 10.8. The van der Waals surface area contributed by atoms with Crippen molar-refractivity contribution in [1.29, 1.82) is 0 Å². The van der Waals surface area contributed by atoms with E-state index in [0.29, 0.717) is 16.5 Å². The zero-order valence-electron chi connectivity index (χ0n) is 9.85. The molecule has 0 spiro atoms. The van der Waals surface area contributed by atoms with Crippen molar-refractivity contribution < 1.29 is 9.53 Å². The zero-order chi connectivity index (χ0) is 13.1. The van der Waals surface area contributed by atoms with E-state index in [0.717, 1.165) is 0 Å². The van der Waals surface area contributed by atoms with Gasteiger partial charge >= 0.3 is 0 Å². The van der Waals surface area contributed by atoms with Crippen molar-refractivity contribution in [2.24, 2.45) is 7.05 Å². The second-order valence-corrected chi connectivity index (χ2v) is 3.93. The topological polar surface area (TPSA) is 69.0 Å². The Bertz CT molecular complexity index is 582. The van der Waals surface area contributed by atoms with Gasteiger partial charge in [0.25, 0.3) is 5.91 Å². The van der Waals surface area contributed by atoms with E-state index in [1.165, 1.54) is 18.1 Å². The minimum Gasteiger partial charge on any atom is -0.495 e. The summed E-state index contributed by atoms with van der Waals surface area (Å²) in [6.45, 7) is 0. The largest absolute Gasteiger partial charge is 0.495 e. The highest BCUT2D eigenvalue weighted by Gasteiger charge is 2.11. The first-order chi connectivity index (χ1) is 8.60. The number of benzene rings is 1. The number of hydrogen-bond acceptors (Lipinski definition) is 4. The molecular weight excluding hydrogens is 256 g/mol. The van der Waals surface area contributed by atoms with Gasteiger partial charge in [-0.2, -0.15) is 9.90 Å². The molecule has 0 unspecified atom stereocenters. The van der Waals surface area contributed by atoms with Gasteiger partial charge in [0.2, 0.25) is 0 Å². The summed E-state index contributed by atoms with van der Waals surface area (Å²) >= 11 is 5.95. The monoisotopic (exact) mass is 266 g/mol. The zero-order valence-corrected chi connectivity index (χ0v) is 10.6. The van der Waals surface area contributed by atoms with Crippen LogP contribution in [0, 0.1) is 0 Å². The number of halogens is 1. The van der Waals surface area contributed by atoms with Crippen LogP contribution in [0.2, 0.25) is 5.02 Å². The van der Waals surface area contributed by atoms with E-state index in [4.69, 9.17) is 16.3 Å². The second-order valence-electron chi connectivity index (χ2n) is 3.52. The molecule has 0 fully saturated rings. The first kappa shape index (κ1) is 12.4. The van der Waals surface area contributed by atoms with Gasteiger partial charge in [-0.1, -0.05) is 11.6 Å². The van der Waals surface area contributed by atoms with Crippen LogP contribution in [0.4, 0.5) is 5.69 Å². The number of rotatable bonds is 3. The Morgan fingerprint density at radius 2 is 2.28 bits per heavy atom. The Hall–Kier alpha value is -2.08. The number of nitrogens with one attached hydrogen (secondary N) is 1. The van der Waals surface area contributed by atoms with E-state index >= 15 is 0 Å². The molecule has 0 atom stereocenters.